The Morgan fingerprint density at radius 2 is 2.09 bits per heavy atom. The molecular weight excluding hydrogens is 332 g/mol. The topological polar surface area (TPSA) is 76.1 Å². The maximum absolute atomic E-state index is 12.3. The molecule has 0 saturated heterocycles. The Kier molecular flexibility index (Phi) is 4.44. The number of thiazole rings is 2. The summed E-state index contributed by atoms with van der Waals surface area (Å²) in [5, 5.41) is 8.99. The smallest absolute Gasteiger partial charge is 0.276 e. The van der Waals surface area contributed by atoms with E-state index in [1.165, 1.54) is 22.7 Å². The van der Waals surface area contributed by atoms with Gasteiger partial charge < -0.3 is 10.1 Å². The third-order valence-corrected chi connectivity index (χ3v) is 4.67. The molecule has 120 valence electrons. The fourth-order valence-corrected chi connectivity index (χ4v) is 3.66. The van der Waals surface area contributed by atoms with Crippen molar-refractivity contribution in [2.75, 3.05) is 17.7 Å². The van der Waals surface area contributed by atoms with Crippen LogP contribution in [0.1, 0.15) is 24.3 Å². The lowest BCUT2D eigenvalue weighted by Gasteiger charge is -2.04. The van der Waals surface area contributed by atoms with E-state index in [9.17, 15) is 4.79 Å². The second-order valence-corrected chi connectivity index (χ2v) is 7.03. The second-order valence-electron chi connectivity index (χ2n) is 5.14. The summed E-state index contributed by atoms with van der Waals surface area (Å²) < 4.78 is 6.15. The highest BCUT2D eigenvalue weighted by atomic mass is 32.1. The van der Waals surface area contributed by atoms with Crippen molar-refractivity contribution < 1.29 is 9.53 Å². The van der Waals surface area contributed by atoms with Crippen molar-refractivity contribution >= 4 is 49.1 Å². The maximum Gasteiger partial charge on any atom is 0.276 e. The van der Waals surface area contributed by atoms with Crippen LogP contribution in [0, 0.1) is 0 Å². The van der Waals surface area contributed by atoms with Crippen LogP contribution in [-0.4, -0.2) is 29.0 Å². The van der Waals surface area contributed by atoms with Gasteiger partial charge in [-0.05, 0) is 32.0 Å². The molecule has 2 heterocycles. The van der Waals surface area contributed by atoms with Gasteiger partial charge in [-0.25, -0.2) is 9.97 Å². The number of rotatable bonds is 5. The summed E-state index contributed by atoms with van der Waals surface area (Å²) in [5.41, 5.74) is 1.21. The minimum absolute atomic E-state index is 0.260. The van der Waals surface area contributed by atoms with Crippen molar-refractivity contribution in [2.45, 2.75) is 19.9 Å². The second kappa shape index (κ2) is 6.51. The van der Waals surface area contributed by atoms with E-state index in [4.69, 9.17) is 4.74 Å². The Bertz CT molecular complexity index is 841. The van der Waals surface area contributed by atoms with E-state index in [-0.39, 0.29) is 11.9 Å². The molecule has 2 aromatic heterocycles. The predicted molar refractivity (Wildman–Crippen MR) is 95.0 cm³/mol. The molecule has 2 N–H and O–H groups in total. The van der Waals surface area contributed by atoms with Gasteiger partial charge in [0.15, 0.2) is 10.3 Å². The fraction of sp³-hybridized carbons (Fsp3) is 0.267. The minimum Gasteiger partial charge on any atom is -0.497 e. The highest BCUT2D eigenvalue weighted by Gasteiger charge is 2.14. The largest absolute Gasteiger partial charge is 0.497 e. The highest BCUT2D eigenvalue weighted by molar-refractivity contribution is 7.22. The zero-order chi connectivity index (χ0) is 16.4. The summed E-state index contributed by atoms with van der Waals surface area (Å²) in [6.07, 6.45) is 0. The summed E-state index contributed by atoms with van der Waals surface area (Å²) in [5.74, 6) is 0.506. The molecule has 0 bridgehead atoms. The standard InChI is InChI=1S/C15H16N4O2S2/c1-8(2)16-14-18-11(7-22-14)13(20)19-15-17-10-5-4-9(21-3)6-12(10)23-15/h4-8H,1-3H3,(H,16,18)(H,17,19,20). The average molecular weight is 348 g/mol. The van der Waals surface area contributed by atoms with Crippen LogP contribution in [0.25, 0.3) is 10.2 Å². The maximum atomic E-state index is 12.3. The molecule has 8 heteroatoms. The number of amides is 1. The lowest BCUT2D eigenvalue weighted by atomic mass is 10.3. The molecular formula is C15H16N4O2S2. The summed E-state index contributed by atoms with van der Waals surface area (Å²) in [6, 6.07) is 5.89. The molecule has 0 unspecified atom stereocenters. The highest BCUT2D eigenvalue weighted by Crippen LogP contribution is 2.29. The van der Waals surface area contributed by atoms with Gasteiger partial charge in [0.05, 0.1) is 17.3 Å². The lowest BCUT2D eigenvalue weighted by Crippen LogP contribution is -2.13. The van der Waals surface area contributed by atoms with E-state index in [0.717, 1.165) is 21.1 Å². The molecule has 1 amide bonds. The number of benzene rings is 1. The first kappa shape index (κ1) is 15.7. The van der Waals surface area contributed by atoms with Crippen LogP contribution in [0.3, 0.4) is 0 Å². The predicted octanol–water partition coefficient (Wildman–Crippen LogP) is 3.83. The number of anilines is 2. The number of hydrogen-bond donors (Lipinski definition) is 2. The van der Waals surface area contributed by atoms with Crippen LogP contribution in [0.4, 0.5) is 10.3 Å². The first-order chi connectivity index (χ1) is 11.0. The molecule has 3 aromatic rings. The summed E-state index contributed by atoms with van der Waals surface area (Å²) in [4.78, 5) is 20.9. The number of fused-ring (bicyclic) bond motifs is 1. The van der Waals surface area contributed by atoms with E-state index < -0.39 is 0 Å². The van der Waals surface area contributed by atoms with E-state index >= 15 is 0 Å². The molecule has 1 aromatic carbocycles. The van der Waals surface area contributed by atoms with Gasteiger partial charge in [-0.3, -0.25) is 10.1 Å². The van der Waals surface area contributed by atoms with E-state index in [1.54, 1.807) is 12.5 Å². The number of hydrogen-bond acceptors (Lipinski definition) is 7. The third-order valence-electron chi connectivity index (χ3n) is 2.97. The van der Waals surface area contributed by atoms with Crippen LogP contribution in [-0.2, 0) is 0 Å². The van der Waals surface area contributed by atoms with Gasteiger partial charge in [0.1, 0.15) is 11.4 Å². The third kappa shape index (κ3) is 3.59. The molecule has 3 rings (SSSR count). The van der Waals surface area contributed by atoms with Crippen LogP contribution in [0.2, 0.25) is 0 Å². The van der Waals surface area contributed by atoms with Gasteiger partial charge in [-0.2, -0.15) is 0 Å². The molecule has 0 saturated carbocycles. The summed E-state index contributed by atoms with van der Waals surface area (Å²) >= 11 is 2.81. The number of carbonyl (C=O) groups excluding carboxylic acids is 1. The SMILES string of the molecule is COc1ccc2nc(NC(=O)c3csc(NC(C)C)n3)sc2c1. The van der Waals surface area contributed by atoms with Crippen LogP contribution in [0.15, 0.2) is 23.6 Å². The van der Waals surface area contributed by atoms with Gasteiger partial charge in [0.25, 0.3) is 5.91 Å². The first-order valence-electron chi connectivity index (χ1n) is 7.03. The van der Waals surface area contributed by atoms with Crippen molar-refractivity contribution in [2.24, 2.45) is 0 Å². The Labute approximate surface area is 141 Å². The molecule has 0 aliphatic heterocycles. The number of aromatic nitrogens is 2. The molecule has 0 fully saturated rings. The van der Waals surface area contributed by atoms with E-state index in [1.807, 2.05) is 32.0 Å². The average Bonchev–Trinajstić information content (AvgIpc) is 3.11. The number of ether oxygens (including phenoxy) is 1. The van der Waals surface area contributed by atoms with Crippen molar-refractivity contribution in [3.63, 3.8) is 0 Å². The van der Waals surface area contributed by atoms with E-state index in [2.05, 4.69) is 20.6 Å². The van der Waals surface area contributed by atoms with Crippen molar-refractivity contribution in [1.82, 2.24) is 9.97 Å². The van der Waals surface area contributed by atoms with Crippen molar-refractivity contribution in [3.05, 3.63) is 29.3 Å². The zero-order valence-electron chi connectivity index (χ0n) is 12.9. The Balaban J connectivity index is 1.75. The molecule has 6 nitrogen and oxygen atoms in total. The summed E-state index contributed by atoms with van der Waals surface area (Å²) in [6.45, 7) is 4.05. The fourth-order valence-electron chi connectivity index (χ4n) is 1.94. The molecule has 0 aliphatic rings. The number of methoxy groups -OCH3 is 1. The molecule has 0 atom stereocenters. The van der Waals surface area contributed by atoms with Gasteiger partial charge in [-0.1, -0.05) is 11.3 Å². The quantitative estimate of drug-likeness (QED) is 0.733. The normalized spacial score (nSPS) is 11.0. The molecule has 0 spiro atoms. The van der Waals surface area contributed by atoms with Crippen LogP contribution in [0.5, 0.6) is 5.75 Å². The summed E-state index contributed by atoms with van der Waals surface area (Å²) in [7, 11) is 1.62. The van der Waals surface area contributed by atoms with E-state index in [0.29, 0.717) is 10.8 Å². The van der Waals surface area contributed by atoms with Gasteiger partial charge >= 0.3 is 0 Å². The van der Waals surface area contributed by atoms with Gasteiger partial charge in [0.2, 0.25) is 0 Å². The Hall–Kier alpha value is -2.19. The van der Waals surface area contributed by atoms with Crippen molar-refractivity contribution in [3.8, 4) is 5.75 Å². The van der Waals surface area contributed by atoms with Crippen molar-refractivity contribution in [1.29, 1.82) is 0 Å². The first-order valence-corrected chi connectivity index (χ1v) is 8.73. The van der Waals surface area contributed by atoms with Gasteiger partial charge in [-0.15, -0.1) is 11.3 Å². The van der Waals surface area contributed by atoms with Gasteiger partial charge in [0, 0.05) is 11.4 Å². The zero-order valence-corrected chi connectivity index (χ0v) is 14.5. The van der Waals surface area contributed by atoms with Crippen LogP contribution >= 0.6 is 22.7 Å². The number of carbonyl (C=O) groups is 1. The number of nitrogens with zero attached hydrogens (tertiary/aromatic N) is 2. The molecule has 0 aliphatic carbocycles. The Morgan fingerprint density at radius 3 is 2.83 bits per heavy atom. The molecule has 0 radical (unpaired) electrons. The molecule has 23 heavy (non-hydrogen) atoms. The number of nitrogens with one attached hydrogen (secondary N) is 2. The Morgan fingerprint density at radius 1 is 1.26 bits per heavy atom. The van der Waals surface area contributed by atoms with Crippen LogP contribution < -0.4 is 15.4 Å². The monoisotopic (exact) mass is 348 g/mol. The lowest BCUT2D eigenvalue weighted by molar-refractivity contribution is 0.102. The minimum atomic E-state index is -0.260.